The highest BCUT2D eigenvalue weighted by atomic mass is 19.1. The van der Waals surface area contributed by atoms with Crippen molar-refractivity contribution < 1.29 is 28.2 Å². The topological polar surface area (TPSA) is 139 Å². The fraction of sp³-hybridized carbons (Fsp3) is 0.438. The van der Waals surface area contributed by atoms with E-state index in [2.05, 4.69) is 25.3 Å². The molecule has 0 radical (unpaired) electrons. The molecule has 1 aromatic carbocycles. The lowest BCUT2D eigenvalue weighted by molar-refractivity contribution is 0.0567. The van der Waals surface area contributed by atoms with Gasteiger partial charge in [-0.1, -0.05) is 0 Å². The summed E-state index contributed by atoms with van der Waals surface area (Å²) in [7, 11) is 0. The number of aryl methyl sites for hydroxylation is 1. The summed E-state index contributed by atoms with van der Waals surface area (Å²) < 4.78 is 37.6. The Hall–Kier alpha value is -4.88. The van der Waals surface area contributed by atoms with Gasteiger partial charge in [0.05, 0.1) is 23.6 Å². The Morgan fingerprint density at radius 1 is 1.13 bits per heavy atom. The van der Waals surface area contributed by atoms with Crippen LogP contribution in [0.2, 0.25) is 0 Å². The number of nitrogens with one attached hydrogen (secondary N) is 1. The first kappa shape index (κ1) is 32.5. The molecular weight excluding hydrogens is 598 g/mol. The monoisotopic (exact) mass is 636 g/mol. The summed E-state index contributed by atoms with van der Waals surface area (Å²) in [5.74, 6) is -0.406. The third-order valence-electron chi connectivity index (χ3n) is 7.60. The van der Waals surface area contributed by atoms with Crippen LogP contribution in [0.1, 0.15) is 59.3 Å². The van der Waals surface area contributed by atoms with Crippen LogP contribution in [0.5, 0.6) is 0 Å². The minimum absolute atomic E-state index is 0.00881. The molecule has 4 aromatic rings. The van der Waals surface area contributed by atoms with Gasteiger partial charge in [-0.3, -0.25) is 4.90 Å². The average Bonchev–Trinajstić information content (AvgIpc) is 3.33. The van der Waals surface area contributed by atoms with Crippen molar-refractivity contribution in [2.75, 3.05) is 29.9 Å². The third-order valence-corrected chi connectivity index (χ3v) is 7.60. The molecule has 1 aliphatic heterocycles. The van der Waals surface area contributed by atoms with Crippen LogP contribution in [0.15, 0.2) is 36.7 Å². The number of ether oxygens (including phenoxy) is 1. The van der Waals surface area contributed by atoms with Crippen molar-refractivity contribution >= 4 is 40.7 Å². The summed E-state index contributed by atoms with van der Waals surface area (Å²) in [6.07, 6.45) is 2.37. The first-order chi connectivity index (χ1) is 21.7. The van der Waals surface area contributed by atoms with E-state index in [1.165, 1.54) is 22.1 Å². The highest BCUT2D eigenvalue weighted by Crippen LogP contribution is 2.31. The Morgan fingerprint density at radius 3 is 2.54 bits per heavy atom. The van der Waals surface area contributed by atoms with Gasteiger partial charge in [0.25, 0.3) is 0 Å². The normalized spacial score (nSPS) is 15.3. The number of carboxylic acid groups (broad SMARTS) is 1. The molecule has 0 spiro atoms. The molecule has 1 saturated heterocycles. The molecule has 1 fully saturated rings. The molecule has 0 bridgehead atoms. The third kappa shape index (κ3) is 7.16. The Morgan fingerprint density at radius 2 is 1.89 bits per heavy atom. The van der Waals surface area contributed by atoms with Crippen LogP contribution >= 0.6 is 0 Å². The summed E-state index contributed by atoms with van der Waals surface area (Å²) in [6.45, 7) is 12.0. The summed E-state index contributed by atoms with van der Waals surface area (Å²) in [6, 6.07) is 6.15. The zero-order chi connectivity index (χ0) is 33.3. The van der Waals surface area contributed by atoms with Crippen LogP contribution in [0.3, 0.4) is 0 Å². The Bertz CT molecular complexity index is 1750. The summed E-state index contributed by atoms with van der Waals surface area (Å²) in [5, 5.41) is 12.4. The highest BCUT2D eigenvalue weighted by molar-refractivity contribution is 5.88. The van der Waals surface area contributed by atoms with Crippen molar-refractivity contribution in [1.29, 1.82) is 0 Å². The van der Waals surface area contributed by atoms with E-state index in [9.17, 15) is 19.1 Å². The zero-order valence-electron chi connectivity index (χ0n) is 26.7. The predicted molar refractivity (Wildman–Crippen MR) is 169 cm³/mol. The number of amides is 2. The van der Waals surface area contributed by atoms with Gasteiger partial charge in [0.2, 0.25) is 5.95 Å². The number of fused-ring (bicyclic) bond motifs is 1. The molecule has 1 unspecified atom stereocenters. The van der Waals surface area contributed by atoms with Crippen molar-refractivity contribution in [2.45, 2.75) is 66.0 Å². The first-order valence-corrected chi connectivity index (χ1v) is 15.1. The lowest BCUT2D eigenvalue weighted by Crippen LogP contribution is -2.46. The largest absolute Gasteiger partial charge is 0.465 e. The Kier molecular flexibility index (Phi) is 9.08. The molecule has 46 heavy (non-hydrogen) atoms. The van der Waals surface area contributed by atoms with Gasteiger partial charge in [-0.05, 0) is 84.6 Å². The van der Waals surface area contributed by atoms with Crippen LogP contribution in [0, 0.1) is 24.5 Å². The van der Waals surface area contributed by atoms with Crippen molar-refractivity contribution in [3.05, 3.63) is 54.1 Å². The average molecular weight is 637 g/mol. The lowest BCUT2D eigenvalue weighted by Gasteiger charge is -2.35. The molecule has 3 aromatic heterocycles. The van der Waals surface area contributed by atoms with Gasteiger partial charge < -0.3 is 24.6 Å². The van der Waals surface area contributed by atoms with Gasteiger partial charge in [-0.25, -0.2) is 38.3 Å². The van der Waals surface area contributed by atoms with Gasteiger partial charge in [-0.15, -0.1) is 0 Å². The van der Waals surface area contributed by atoms with Gasteiger partial charge >= 0.3 is 12.2 Å². The van der Waals surface area contributed by atoms with E-state index in [4.69, 9.17) is 4.74 Å². The SMILES string of the molecule is Cc1nc2c(F)cc(-c3nc(Nc4ccc(N(CC5CCCN(C(=O)O)C5)C(=O)OC(C)(C)C)cn4)ncc3F)cc2n1C(C)C. The smallest absolute Gasteiger partial charge is 0.414 e. The summed E-state index contributed by atoms with van der Waals surface area (Å²) in [5.41, 5.74) is 0.579. The number of likely N-dealkylation sites (tertiary alicyclic amines) is 1. The maximum atomic E-state index is 15.1. The first-order valence-electron chi connectivity index (χ1n) is 15.1. The van der Waals surface area contributed by atoms with Crippen molar-refractivity contribution in [1.82, 2.24) is 29.4 Å². The lowest BCUT2D eigenvalue weighted by atomic mass is 9.97. The zero-order valence-corrected chi connectivity index (χ0v) is 26.7. The van der Waals surface area contributed by atoms with Crippen LogP contribution in [0.25, 0.3) is 22.3 Å². The highest BCUT2D eigenvalue weighted by Gasteiger charge is 2.30. The molecule has 1 atom stereocenters. The fourth-order valence-corrected chi connectivity index (χ4v) is 5.67. The number of halogens is 2. The molecule has 2 amide bonds. The number of piperidine rings is 1. The van der Waals surface area contributed by atoms with Crippen LogP contribution in [-0.4, -0.2) is 71.9 Å². The number of imidazole rings is 1. The minimum Gasteiger partial charge on any atom is -0.465 e. The second kappa shape index (κ2) is 12.9. The predicted octanol–water partition coefficient (Wildman–Crippen LogP) is 6.93. The molecule has 2 N–H and O–H groups in total. The number of nitrogens with zero attached hydrogens (tertiary/aromatic N) is 7. The van der Waals surface area contributed by atoms with Gasteiger partial charge in [-0.2, -0.15) is 0 Å². The maximum absolute atomic E-state index is 15.1. The standard InChI is InChI=1S/C32H38F2N8O4/c1-18(2)42-19(3)37-28-23(33)12-21(13-25(28)42)27-24(34)15-36-29(39-27)38-26-10-9-22(14-35-26)41(31(45)46-32(4,5)6)17-20-8-7-11-40(16-20)30(43)44/h9-10,12-15,18,20H,7-8,11,16-17H2,1-6H3,(H,43,44)(H,35,36,38,39). The summed E-state index contributed by atoms with van der Waals surface area (Å²) >= 11 is 0. The van der Waals surface area contributed by atoms with Crippen LogP contribution < -0.4 is 10.2 Å². The number of carbonyl (C=O) groups is 2. The quantitative estimate of drug-likeness (QED) is 0.221. The van der Waals surface area contributed by atoms with E-state index in [1.54, 1.807) is 45.9 Å². The molecule has 4 heterocycles. The van der Waals surface area contributed by atoms with E-state index >= 15 is 4.39 Å². The molecule has 12 nitrogen and oxygen atoms in total. The van der Waals surface area contributed by atoms with Gasteiger partial charge in [0, 0.05) is 31.2 Å². The second-order valence-electron chi connectivity index (χ2n) is 12.7. The number of pyridine rings is 1. The molecule has 14 heteroatoms. The number of hydrogen-bond donors (Lipinski definition) is 2. The van der Waals surface area contributed by atoms with Crippen molar-refractivity contribution in [3.63, 3.8) is 0 Å². The second-order valence-corrected chi connectivity index (χ2v) is 12.7. The molecule has 244 valence electrons. The van der Waals surface area contributed by atoms with E-state index in [1.807, 2.05) is 18.4 Å². The van der Waals surface area contributed by atoms with E-state index in [-0.39, 0.29) is 41.2 Å². The van der Waals surface area contributed by atoms with Crippen molar-refractivity contribution in [2.24, 2.45) is 5.92 Å². The fourth-order valence-electron chi connectivity index (χ4n) is 5.67. The number of rotatable bonds is 7. The molecule has 5 rings (SSSR count). The molecule has 1 aliphatic rings. The minimum atomic E-state index is -0.986. The van der Waals surface area contributed by atoms with Gasteiger partial charge in [0.15, 0.2) is 11.6 Å². The van der Waals surface area contributed by atoms with Gasteiger partial charge in [0.1, 0.15) is 28.5 Å². The Labute approximate surface area is 265 Å². The molecular formula is C32H38F2N8O4. The molecule has 0 aliphatic carbocycles. The van der Waals surface area contributed by atoms with Crippen molar-refractivity contribution in [3.8, 4) is 11.3 Å². The van der Waals surface area contributed by atoms with E-state index < -0.39 is 29.4 Å². The number of aromatic nitrogens is 5. The number of carbonyl (C=O) groups excluding carboxylic acids is 1. The summed E-state index contributed by atoms with van der Waals surface area (Å²) in [4.78, 5) is 44.7. The van der Waals surface area contributed by atoms with Crippen LogP contribution in [0.4, 0.5) is 35.8 Å². The van der Waals surface area contributed by atoms with Crippen LogP contribution in [-0.2, 0) is 4.74 Å². The maximum Gasteiger partial charge on any atom is 0.414 e. The molecule has 0 saturated carbocycles. The van der Waals surface area contributed by atoms with E-state index in [0.717, 1.165) is 12.6 Å². The number of hydrogen-bond acceptors (Lipinski definition) is 8. The Balaban J connectivity index is 1.39. The number of benzene rings is 1. The van der Waals surface area contributed by atoms with E-state index in [0.29, 0.717) is 42.4 Å². The number of anilines is 3.